The third-order valence-corrected chi connectivity index (χ3v) is 6.44. The van der Waals surface area contributed by atoms with Crippen LogP contribution >= 0.6 is 0 Å². The number of hydrogen-bond acceptors (Lipinski definition) is 3. The molecule has 0 radical (unpaired) electrons. The van der Waals surface area contributed by atoms with Crippen LogP contribution in [0.3, 0.4) is 0 Å². The summed E-state index contributed by atoms with van der Waals surface area (Å²) in [5, 5.41) is -0.156. The van der Waals surface area contributed by atoms with Gasteiger partial charge in [-0.05, 0) is 37.2 Å². The Morgan fingerprint density at radius 1 is 1.33 bits per heavy atom. The maximum absolute atomic E-state index is 11.9. The van der Waals surface area contributed by atoms with Crippen molar-refractivity contribution >= 4 is 10.0 Å². The fourth-order valence-corrected chi connectivity index (χ4v) is 3.99. The average molecular weight is 311 g/mol. The smallest absolute Gasteiger partial charge is 0.214 e. The zero-order valence-electron chi connectivity index (χ0n) is 13.1. The zero-order valence-corrected chi connectivity index (χ0v) is 13.9. The van der Waals surface area contributed by atoms with E-state index in [9.17, 15) is 8.42 Å². The van der Waals surface area contributed by atoms with E-state index in [-0.39, 0.29) is 10.7 Å². The maximum atomic E-state index is 11.9. The monoisotopic (exact) mass is 311 g/mol. The molecule has 0 aromatic heterocycles. The summed E-state index contributed by atoms with van der Waals surface area (Å²) in [5.74, 6) is 0.868. The van der Waals surface area contributed by atoms with Gasteiger partial charge in [0, 0.05) is 12.1 Å². The second-order valence-corrected chi connectivity index (χ2v) is 8.05. The quantitative estimate of drug-likeness (QED) is 0.803. The van der Waals surface area contributed by atoms with Crippen molar-refractivity contribution in [2.75, 3.05) is 13.7 Å². The molecule has 4 nitrogen and oxygen atoms in total. The first kappa shape index (κ1) is 16.3. The van der Waals surface area contributed by atoms with E-state index in [1.807, 2.05) is 18.2 Å². The number of para-hydroxylation sites is 1. The SMILES string of the molecule is CCC(C)(CCNS(=O)(=O)C1CC1)c1ccccc1OC. The predicted octanol–water partition coefficient (Wildman–Crippen LogP) is 2.83. The van der Waals surface area contributed by atoms with Crippen LogP contribution in [-0.2, 0) is 15.4 Å². The molecule has 1 aromatic rings. The lowest BCUT2D eigenvalue weighted by Gasteiger charge is -2.30. The molecule has 5 heteroatoms. The number of rotatable bonds is 8. The average Bonchev–Trinajstić information content (AvgIpc) is 3.32. The van der Waals surface area contributed by atoms with Crippen molar-refractivity contribution in [1.82, 2.24) is 4.72 Å². The highest BCUT2D eigenvalue weighted by molar-refractivity contribution is 7.90. The van der Waals surface area contributed by atoms with Gasteiger partial charge in [0.1, 0.15) is 5.75 Å². The van der Waals surface area contributed by atoms with Crippen LogP contribution in [0.4, 0.5) is 0 Å². The first-order valence-electron chi connectivity index (χ1n) is 7.55. The van der Waals surface area contributed by atoms with Gasteiger partial charge in [-0.2, -0.15) is 0 Å². The summed E-state index contributed by atoms with van der Waals surface area (Å²) in [6.07, 6.45) is 3.29. The van der Waals surface area contributed by atoms with E-state index >= 15 is 0 Å². The van der Waals surface area contributed by atoms with Gasteiger partial charge in [-0.1, -0.05) is 32.0 Å². The van der Waals surface area contributed by atoms with Crippen LogP contribution in [0.25, 0.3) is 0 Å². The lowest BCUT2D eigenvalue weighted by molar-refractivity contribution is 0.366. The minimum Gasteiger partial charge on any atom is -0.496 e. The summed E-state index contributed by atoms with van der Waals surface area (Å²) in [7, 11) is -1.43. The number of sulfonamides is 1. The predicted molar refractivity (Wildman–Crippen MR) is 85.2 cm³/mol. The van der Waals surface area contributed by atoms with Crippen LogP contribution in [0, 0.1) is 0 Å². The number of nitrogens with one attached hydrogen (secondary N) is 1. The molecule has 0 amide bonds. The number of ether oxygens (including phenoxy) is 1. The van der Waals surface area contributed by atoms with Gasteiger partial charge < -0.3 is 4.74 Å². The summed E-state index contributed by atoms with van der Waals surface area (Å²) >= 11 is 0. The molecule has 1 unspecified atom stereocenters. The third kappa shape index (κ3) is 3.77. The van der Waals surface area contributed by atoms with E-state index < -0.39 is 10.0 Å². The summed E-state index contributed by atoms with van der Waals surface area (Å²) in [4.78, 5) is 0. The van der Waals surface area contributed by atoms with Crippen molar-refractivity contribution in [2.24, 2.45) is 0 Å². The van der Waals surface area contributed by atoms with Crippen LogP contribution in [0.5, 0.6) is 5.75 Å². The Morgan fingerprint density at radius 2 is 2.00 bits per heavy atom. The van der Waals surface area contributed by atoms with E-state index in [4.69, 9.17) is 4.74 Å². The molecule has 0 bridgehead atoms. The first-order chi connectivity index (χ1) is 9.93. The van der Waals surface area contributed by atoms with Crippen molar-refractivity contribution < 1.29 is 13.2 Å². The molecule has 0 heterocycles. The Balaban J connectivity index is 2.06. The maximum Gasteiger partial charge on any atom is 0.214 e. The Hall–Kier alpha value is -1.07. The third-order valence-electron chi connectivity index (χ3n) is 4.48. The van der Waals surface area contributed by atoms with E-state index in [0.29, 0.717) is 6.54 Å². The van der Waals surface area contributed by atoms with Gasteiger partial charge in [0.2, 0.25) is 10.0 Å². The summed E-state index contributed by atoms with van der Waals surface area (Å²) in [6.45, 7) is 4.76. The molecule has 1 fully saturated rings. The molecule has 0 aliphatic heterocycles. The number of hydrogen-bond donors (Lipinski definition) is 1. The molecular formula is C16H25NO3S. The fraction of sp³-hybridized carbons (Fsp3) is 0.625. The van der Waals surface area contributed by atoms with Crippen molar-refractivity contribution in [1.29, 1.82) is 0 Å². The Kier molecular flexibility index (Phi) is 4.94. The van der Waals surface area contributed by atoms with Crippen molar-refractivity contribution in [3.63, 3.8) is 0 Å². The second-order valence-electron chi connectivity index (χ2n) is 6.00. The topological polar surface area (TPSA) is 55.4 Å². The van der Waals surface area contributed by atoms with Crippen molar-refractivity contribution in [2.45, 2.75) is 50.2 Å². The molecule has 2 rings (SSSR count). The van der Waals surface area contributed by atoms with Crippen LogP contribution in [-0.4, -0.2) is 27.3 Å². The van der Waals surface area contributed by atoms with Gasteiger partial charge in [-0.15, -0.1) is 0 Å². The molecule has 1 saturated carbocycles. The second kappa shape index (κ2) is 6.36. The minimum atomic E-state index is -3.10. The molecule has 1 aliphatic carbocycles. The van der Waals surface area contributed by atoms with Gasteiger partial charge in [0.05, 0.1) is 12.4 Å². The molecule has 1 aromatic carbocycles. The Labute approximate surface area is 127 Å². The van der Waals surface area contributed by atoms with E-state index in [0.717, 1.165) is 37.0 Å². The van der Waals surface area contributed by atoms with E-state index in [1.54, 1.807) is 7.11 Å². The van der Waals surface area contributed by atoms with Crippen molar-refractivity contribution in [3.05, 3.63) is 29.8 Å². The summed E-state index contributed by atoms with van der Waals surface area (Å²) in [5.41, 5.74) is 1.04. The largest absolute Gasteiger partial charge is 0.496 e. The normalized spacial score (nSPS) is 18.2. The molecule has 21 heavy (non-hydrogen) atoms. The van der Waals surface area contributed by atoms with Crippen LogP contribution in [0.1, 0.15) is 45.1 Å². The van der Waals surface area contributed by atoms with Crippen LogP contribution in [0.2, 0.25) is 0 Å². The molecular weight excluding hydrogens is 286 g/mol. The fourth-order valence-electron chi connectivity index (χ4n) is 2.61. The highest BCUT2D eigenvalue weighted by Gasteiger charge is 2.36. The highest BCUT2D eigenvalue weighted by Crippen LogP contribution is 2.37. The molecule has 0 saturated heterocycles. The molecule has 1 aliphatic rings. The Morgan fingerprint density at radius 3 is 2.57 bits per heavy atom. The van der Waals surface area contributed by atoms with Gasteiger partial charge in [-0.3, -0.25) is 0 Å². The first-order valence-corrected chi connectivity index (χ1v) is 9.09. The molecule has 1 N–H and O–H groups in total. The van der Waals surface area contributed by atoms with E-state index in [1.165, 1.54) is 0 Å². The molecule has 118 valence electrons. The lowest BCUT2D eigenvalue weighted by Crippen LogP contribution is -2.33. The number of benzene rings is 1. The van der Waals surface area contributed by atoms with Crippen LogP contribution < -0.4 is 9.46 Å². The summed E-state index contributed by atoms with van der Waals surface area (Å²) < 4.78 is 32.0. The van der Waals surface area contributed by atoms with E-state index in [2.05, 4.69) is 24.6 Å². The van der Waals surface area contributed by atoms with Crippen LogP contribution in [0.15, 0.2) is 24.3 Å². The standard InChI is InChI=1S/C16H25NO3S/c1-4-16(2,14-7-5-6-8-15(14)20-3)11-12-17-21(18,19)13-9-10-13/h5-8,13,17H,4,9-12H2,1-3H3. The Bertz CT molecular complexity index is 581. The zero-order chi connectivity index (χ0) is 15.5. The minimum absolute atomic E-state index is 0.0985. The summed E-state index contributed by atoms with van der Waals surface area (Å²) in [6, 6.07) is 7.98. The highest BCUT2D eigenvalue weighted by atomic mass is 32.2. The number of methoxy groups -OCH3 is 1. The van der Waals surface area contributed by atoms with Gasteiger partial charge in [0.25, 0.3) is 0 Å². The van der Waals surface area contributed by atoms with Gasteiger partial charge >= 0.3 is 0 Å². The lowest BCUT2D eigenvalue weighted by atomic mass is 9.77. The molecule has 0 spiro atoms. The van der Waals surface area contributed by atoms with Gasteiger partial charge in [-0.25, -0.2) is 13.1 Å². The van der Waals surface area contributed by atoms with Crippen molar-refractivity contribution in [3.8, 4) is 5.75 Å². The molecule has 1 atom stereocenters. The van der Waals surface area contributed by atoms with Gasteiger partial charge in [0.15, 0.2) is 0 Å².